The third-order valence-electron chi connectivity index (χ3n) is 3.97. The Morgan fingerprint density at radius 3 is 2.81 bits per heavy atom. The zero-order valence-corrected chi connectivity index (χ0v) is 15.5. The first-order valence-corrected chi connectivity index (χ1v) is 8.91. The predicted molar refractivity (Wildman–Crippen MR) is 102 cm³/mol. The van der Waals surface area contributed by atoms with Crippen LogP contribution >= 0.6 is 11.3 Å². The lowest BCUT2D eigenvalue weighted by Gasteiger charge is -2.04. The van der Waals surface area contributed by atoms with Gasteiger partial charge in [0, 0.05) is 5.56 Å². The Hall–Kier alpha value is -2.93. The number of nitrogens with zero attached hydrogens (tertiary/aromatic N) is 2. The van der Waals surface area contributed by atoms with Gasteiger partial charge in [-0.2, -0.15) is 0 Å². The quantitative estimate of drug-likeness (QED) is 0.742. The normalized spacial score (nSPS) is 11.3. The van der Waals surface area contributed by atoms with E-state index in [2.05, 4.69) is 4.98 Å². The maximum absolute atomic E-state index is 12.6. The van der Waals surface area contributed by atoms with Crippen LogP contribution in [0.25, 0.3) is 17.1 Å². The highest BCUT2D eigenvalue weighted by Gasteiger charge is 2.18. The van der Waals surface area contributed by atoms with Crippen molar-refractivity contribution in [3.8, 4) is 5.75 Å². The summed E-state index contributed by atoms with van der Waals surface area (Å²) in [6, 6.07) is 7.60. The van der Waals surface area contributed by atoms with E-state index in [1.807, 2.05) is 37.3 Å². The van der Waals surface area contributed by atoms with Crippen LogP contribution in [0, 0.1) is 13.8 Å². The molecule has 0 saturated heterocycles. The molecule has 0 unspecified atom stereocenters. The average Bonchev–Trinajstić information content (AvgIpc) is 2.94. The fourth-order valence-corrected chi connectivity index (χ4v) is 3.61. The summed E-state index contributed by atoms with van der Waals surface area (Å²) < 4.78 is 6.84. The highest BCUT2D eigenvalue weighted by Crippen LogP contribution is 2.22. The molecule has 0 bridgehead atoms. The van der Waals surface area contributed by atoms with Gasteiger partial charge in [0.05, 0.1) is 18.0 Å². The maximum Gasteiger partial charge on any atom is 0.347 e. The number of carbonyl (C=O) groups is 1. The van der Waals surface area contributed by atoms with E-state index in [4.69, 9.17) is 4.74 Å². The number of hydrogen-bond donors (Lipinski definition) is 1. The summed E-state index contributed by atoms with van der Waals surface area (Å²) >= 11 is 0.998. The first-order chi connectivity index (χ1) is 12.4. The standard InChI is InChI=1S/C19H18N2O4S/c1-4-25-14-7-5-6-13(10-14)8-9-15-11(2)17(22)21-12(3)16(18(23)24)26-19(21)20-15/h5-10H,4H2,1-3H3,(H,23,24)/b9-8+. The fraction of sp³-hybridized carbons (Fsp3) is 0.211. The van der Waals surface area contributed by atoms with Crippen molar-refractivity contribution in [2.24, 2.45) is 0 Å². The Kier molecular flexibility index (Phi) is 4.90. The summed E-state index contributed by atoms with van der Waals surface area (Å²) in [4.78, 5) is 28.9. The van der Waals surface area contributed by atoms with Gasteiger partial charge in [-0.25, -0.2) is 9.78 Å². The van der Waals surface area contributed by atoms with Crippen molar-refractivity contribution in [1.82, 2.24) is 9.38 Å². The van der Waals surface area contributed by atoms with Gasteiger partial charge in [-0.1, -0.05) is 29.5 Å². The monoisotopic (exact) mass is 370 g/mol. The van der Waals surface area contributed by atoms with Crippen LogP contribution in [0.5, 0.6) is 5.75 Å². The van der Waals surface area contributed by atoms with Crippen LogP contribution in [0.3, 0.4) is 0 Å². The van der Waals surface area contributed by atoms with E-state index < -0.39 is 5.97 Å². The van der Waals surface area contributed by atoms with Gasteiger partial charge < -0.3 is 9.84 Å². The summed E-state index contributed by atoms with van der Waals surface area (Å²) in [7, 11) is 0. The lowest BCUT2D eigenvalue weighted by atomic mass is 10.1. The molecule has 0 aliphatic rings. The number of aromatic carboxylic acids is 1. The number of fused-ring (bicyclic) bond motifs is 1. The molecule has 2 heterocycles. The van der Waals surface area contributed by atoms with E-state index in [0.29, 0.717) is 28.5 Å². The van der Waals surface area contributed by atoms with Gasteiger partial charge in [0.1, 0.15) is 10.6 Å². The molecule has 7 heteroatoms. The molecule has 0 aliphatic carbocycles. The first kappa shape index (κ1) is 17.9. The Morgan fingerprint density at radius 1 is 1.35 bits per heavy atom. The van der Waals surface area contributed by atoms with Crippen LogP contribution in [0.1, 0.15) is 39.1 Å². The van der Waals surface area contributed by atoms with Crippen molar-refractivity contribution < 1.29 is 14.6 Å². The van der Waals surface area contributed by atoms with Crippen molar-refractivity contribution in [1.29, 1.82) is 0 Å². The van der Waals surface area contributed by atoms with E-state index >= 15 is 0 Å². The van der Waals surface area contributed by atoms with Gasteiger partial charge in [-0.05, 0) is 44.5 Å². The van der Waals surface area contributed by atoms with Crippen molar-refractivity contribution in [3.63, 3.8) is 0 Å². The minimum absolute atomic E-state index is 0.125. The summed E-state index contributed by atoms with van der Waals surface area (Å²) in [5, 5.41) is 9.26. The second-order valence-electron chi connectivity index (χ2n) is 5.71. The van der Waals surface area contributed by atoms with Gasteiger partial charge in [0.2, 0.25) is 0 Å². The Bertz CT molecular complexity index is 1080. The van der Waals surface area contributed by atoms with Crippen molar-refractivity contribution in [2.75, 3.05) is 6.61 Å². The molecule has 0 atom stereocenters. The smallest absolute Gasteiger partial charge is 0.347 e. The van der Waals surface area contributed by atoms with Crippen molar-refractivity contribution >= 4 is 34.4 Å². The highest BCUT2D eigenvalue weighted by molar-refractivity contribution is 7.18. The third kappa shape index (κ3) is 3.25. The molecular weight excluding hydrogens is 352 g/mol. The zero-order valence-electron chi connectivity index (χ0n) is 14.6. The van der Waals surface area contributed by atoms with Gasteiger partial charge >= 0.3 is 5.97 Å². The van der Waals surface area contributed by atoms with Crippen LogP contribution in [0.15, 0.2) is 29.1 Å². The van der Waals surface area contributed by atoms with Gasteiger partial charge in [-0.3, -0.25) is 9.20 Å². The second kappa shape index (κ2) is 7.13. The van der Waals surface area contributed by atoms with Crippen molar-refractivity contribution in [3.05, 3.63) is 62.0 Å². The largest absolute Gasteiger partial charge is 0.494 e. The van der Waals surface area contributed by atoms with E-state index in [-0.39, 0.29) is 10.4 Å². The SMILES string of the molecule is CCOc1cccc(/C=C/c2nc3sc(C(=O)O)c(C)n3c(=O)c2C)c1. The molecule has 1 N–H and O–H groups in total. The number of benzene rings is 1. The fourth-order valence-electron chi connectivity index (χ4n) is 2.64. The number of ether oxygens (including phenoxy) is 1. The first-order valence-electron chi connectivity index (χ1n) is 8.09. The van der Waals surface area contributed by atoms with Crippen LogP contribution in [0.4, 0.5) is 0 Å². The maximum atomic E-state index is 12.6. The molecule has 0 amide bonds. The molecule has 6 nitrogen and oxygen atoms in total. The molecule has 3 rings (SSSR count). The summed E-state index contributed by atoms with van der Waals surface area (Å²) in [6.07, 6.45) is 3.61. The van der Waals surface area contributed by atoms with Crippen LogP contribution in [0.2, 0.25) is 0 Å². The molecular formula is C19H18N2O4S. The second-order valence-corrected chi connectivity index (χ2v) is 6.68. The molecule has 134 valence electrons. The minimum Gasteiger partial charge on any atom is -0.494 e. The highest BCUT2D eigenvalue weighted by atomic mass is 32.1. The molecule has 0 saturated carbocycles. The van der Waals surface area contributed by atoms with Gasteiger partial charge in [0.25, 0.3) is 5.56 Å². The summed E-state index contributed by atoms with van der Waals surface area (Å²) in [5.74, 6) is -0.283. The molecule has 2 aromatic heterocycles. The number of thiazole rings is 1. The van der Waals surface area contributed by atoms with Crippen LogP contribution in [-0.4, -0.2) is 27.1 Å². The van der Waals surface area contributed by atoms with E-state index in [0.717, 1.165) is 22.6 Å². The van der Waals surface area contributed by atoms with E-state index in [9.17, 15) is 14.7 Å². The molecule has 3 aromatic rings. The molecule has 0 radical (unpaired) electrons. The number of carboxylic acids is 1. The Morgan fingerprint density at radius 2 is 2.12 bits per heavy atom. The Labute approximate surface area is 154 Å². The predicted octanol–water partition coefficient (Wildman–Crippen LogP) is 3.64. The average molecular weight is 370 g/mol. The summed E-state index contributed by atoms with van der Waals surface area (Å²) in [5.41, 5.74) is 2.07. The molecule has 0 aliphatic heterocycles. The number of rotatable bonds is 5. The lowest BCUT2D eigenvalue weighted by Crippen LogP contribution is -2.19. The number of hydrogen-bond acceptors (Lipinski definition) is 5. The minimum atomic E-state index is -1.06. The summed E-state index contributed by atoms with van der Waals surface area (Å²) in [6.45, 7) is 5.82. The van der Waals surface area contributed by atoms with Crippen LogP contribution < -0.4 is 10.3 Å². The molecule has 0 fully saturated rings. The van der Waals surface area contributed by atoms with E-state index in [1.165, 1.54) is 4.40 Å². The Balaban J connectivity index is 2.06. The topological polar surface area (TPSA) is 80.9 Å². The lowest BCUT2D eigenvalue weighted by molar-refractivity contribution is 0.0701. The number of aryl methyl sites for hydroxylation is 1. The van der Waals surface area contributed by atoms with Crippen molar-refractivity contribution in [2.45, 2.75) is 20.8 Å². The molecule has 1 aromatic carbocycles. The molecule has 0 spiro atoms. The third-order valence-corrected chi connectivity index (χ3v) is 5.10. The zero-order chi connectivity index (χ0) is 18.8. The number of aromatic nitrogens is 2. The van der Waals surface area contributed by atoms with Crippen LogP contribution in [-0.2, 0) is 0 Å². The van der Waals surface area contributed by atoms with Gasteiger partial charge in [0.15, 0.2) is 4.96 Å². The molecule has 26 heavy (non-hydrogen) atoms. The number of carboxylic acid groups (broad SMARTS) is 1. The van der Waals surface area contributed by atoms with Gasteiger partial charge in [-0.15, -0.1) is 0 Å². The van der Waals surface area contributed by atoms with E-state index in [1.54, 1.807) is 19.9 Å².